The van der Waals surface area contributed by atoms with Crippen molar-refractivity contribution >= 4 is 17.6 Å². The van der Waals surface area contributed by atoms with E-state index in [0.717, 1.165) is 36.8 Å². The van der Waals surface area contributed by atoms with E-state index >= 15 is 0 Å². The third-order valence-electron chi connectivity index (χ3n) is 4.35. The molecule has 3 rings (SSSR count). The molecule has 1 N–H and O–H groups in total. The second-order valence-electron chi connectivity index (χ2n) is 5.85. The summed E-state index contributed by atoms with van der Waals surface area (Å²) in [5.41, 5.74) is 2.93. The van der Waals surface area contributed by atoms with Crippen LogP contribution in [0.5, 0.6) is 0 Å². The number of nitrogens with one attached hydrogen (secondary N) is 1. The average molecular weight is 345 g/mol. The molecule has 0 saturated carbocycles. The second-order valence-corrected chi connectivity index (χ2v) is 6.29. The number of ether oxygens (including phenoxy) is 1. The zero-order chi connectivity index (χ0) is 16.9. The summed E-state index contributed by atoms with van der Waals surface area (Å²) < 4.78 is 4.78. The lowest BCUT2D eigenvalue weighted by atomic mass is 9.95. The monoisotopic (exact) mass is 344 g/mol. The van der Waals surface area contributed by atoms with Gasteiger partial charge in [0.2, 0.25) is 0 Å². The maximum atomic E-state index is 11.6. The van der Waals surface area contributed by atoms with Crippen molar-refractivity contribution in [2.75, 3.05) is 33.3 Å². The van der Waals surface area contributed by atoms with Crippen LogP contribution in [0.25, 0.3) is 0 Å². The fraction of sp³-hybridized carbons (Fsp3) is 0.316. The normalized spacial score (nSPS) is 16.6. The van der Waals surface area contributed by atoms with Gasteiger partial charge < -0.3 is 10.1 Å². The number of hydrogen-bond donors (Lipinski definition) is 1. The molecular formula is C19H21ClN2O2. The van der Waals surface area contributed by atoms with Crippen LogP contribution in [0, 0.1) is 0 Å². The summed E-state index contributed by atoms with van der Waals surface area (Å²) in [6, 6.07) is 15.8. The fourth-order valence-corrected chi connectivity index (χ4v) is 3.24. The fourth-order valence-electron chi connectivity index (χ4n) is 3.12. The van der Waals surface area contributed by atoms with E-state index in [2.05, 4.69) is 22.3 Å². The number of methoxy groups -OCH3 is 1. The molecule has 126 valence electrons. The first-order valence-electron chi connectivity index (χ1n) is 8.07. The van der Waals surface area contributed by atoms with Crippen LogP contribution >= 0.6 is 11.6 Å². The molecule has 0 aliphatic carbocycles. The lowest BCUT2D eigenvalue weighted by Gasteiger charge is -2.35. The van der Waals surface area contributed by atoms with Crippen molar-refractivity contribution in [1.82, 2.24) is 10.2 Å². The van der Waals surface area contributed by atoms with Crippen molar-refractivity contribution in [3.63, 3.8) is 0 Å². The Morgan fingerprint density at radius 1 is 1.04 bits per heavy atom. The molecule has 1 unspecified atom stereocenters. The van der Waals surface area contributed by atoms with Crippen LogP contribution in [0.4, 0.5) is 0 Å². The Morgan fingerprint density at radius 3 is 2.12 bits per heavy atom. The Morgan fingerprint density at radius 2 is 1.58 bits per heavy atom. The highest BCUT2D eigenvalue weighted by atomic mass is 35.5. The molecule has 1 aliphatic heterocycles. The summed E-state index contributed by atoms with van der Waals surface area (Å²) in [7, 11) is 1.40. The van der Waals surface area contributed by atoms with Gasteiger partial charge in [-0.3, -0.25) is 4.90 Å². The zero-order valence-electron chi connectivity index (χ0n) is 13.7. The first kappa shape index (κ1) is 17.0. The molecule has 5 heteroatoms. The van der Waals surface area contributed by atoms with Crippen molar-refractivity contribution in [3.8, 4) is 0 Å². The molecule has 0 radical (unpaired) electrons. The second kappa shape index (κ2) is 7.79. The molecule has 0 bridgehead atoms. The Hall–Kier alpha value is -1.88. The number of halogens is 1. The summed E-state index contributed by atoms with van der Waals surface area (Å²) in [5, 5.41) is 4.12. The molecule has 0 amide bonds. The molecular weight excluding hydrogens is 324 g/mol. The van der Waals surface area contributed by atoms with Crippen molar-refractivity contribution in [2.24, 2.45) is 0 Å². The smallest absolute Gasteiger partial charge is 0.337 e. The van der Waals surface area contributed by atoms with Gasteiger partial charge in [0.25, 0.3) is 0 Å². The maximum Gasteiger partial charge on any atom is 0.337 e. The van der Waals surface area contributed by atoms with Crippen LogP contribution in [-0.2, 0) is 4.74 Å². The standard InChI is InChI=1S/C19H21ClN2O2/c1-24-19(23)16-4-2-14(3-5-16)18(22-12-10-21-11-13-22)15-6-8-17(20)9-7-15/h2-9,18,21H,10-13H2,1H3. The molecule has 2 aromatic rings. The summed E-state index contributed by atoms with van der Waals surface area (Å²) in [6.07, 6.45) is 0. The van der Waals surface area contributed by atoms with Crippen LogP contribution in [0.1, 0.15) is 27.5 Å². The highest BCUT2D eigenvalue weighted by Crippen LogP contribution is 2.30. The minimum Gasteiger partial charge on any atom is -0.465 e. The molecule has 4 nitrogen and oxygen atoms in total. The third kappa shape index (κ3) is 3.78. The Balaban J connectivity index is 1.94. The van der Waals surface area contributed by atoms with Gasteiger partial charge in [-0.25, -0.2) is 4.79 Å². The van der Waals surface area contributed by atoms with Crippen LogP contribution in [0.3, 0.4) is 0 Å². The number of rotatable bonds is 4. The van der Waals surface area contributed by atoms with Crippen molar-refractivity contribution < 1.29 is 9.53 Å². The number of nitrogens with zero attached hydrogens (tertiary/aromatic N) is 1. The van der Waals surface area contributed by atoms with Gasteiger partial charge in [0.05, 0.1) is 18.7 Å². The highest BCUT2D eigenvalue weighted by Gasteiger charge is 2.24. The number of piperazine rings is 1. The van der Waals surface area contributed by atoms with Gasteiger partial charge in [0.1, 0.15) is 0 Å². The van der Waals surface area contributed by atoms with E-state index in [1.54, 1.807) is 0 Å². The molecule has 2 aromatic carbocycles. The maximum absolute atomic E-state index is 11.6. The van der Waals surface area contributed by atoms with Crippen molar-refractivity contribution in [1.29, 1.82) is 0 Å². The predicted octanol–water partition coefficient (Wildman–Crippen LogP) is 3.12. The number of carbonyl (C=O) groups excluding carboxylic acids is 1. The molecule has 0 spiro atoms. The molecule has 1 aliphatic rings. The quantitative estimate of drug-likeness (QED) is 0.865. The van der Waals surface area contributed by atoms with Crippen LogP contribution in [0.2, 0.25) is 5.02 Å². The van der Waals surface area contributed by atoms with Gasteiger partial charge >= 0.3 is 5.97 Å². The van der Waals surface area contributed by atoms with Crippen LogP contribution in [0.15, 0.2) is 48.5 Å². The lowest BCUT2D eigenvalue weighted by molar-refractivity contribution is 0.0600. The SMILES string of the molecule is COC(=O)c1ccc(C(c2ccc(Cl)cc2)N2CCNCC2)cc1. The van der Waals surface area contributed by atoms with Crippen LogP contribution in [-0.4, -0.2) is 44.2 Å². The van der Waals surface area contributed by atoms with Crippen molar-refractivity contribution in [2.45, 2.75) is 6.04 Å². The van der Waals surface area contributed by atoms with Crippen molar-refractivity contribution in [3.05, 3.63) is 70.2 Å². The van der Waals surface area contributed by atoms with Crippen LogP contribution < -0.4 is 5.32 Å². The summed E-state index contributed by atoms with van der Waals surface area (Å²) >= 11 is 6.04. The van der Waals surface area contributed by atoms with Gasteiger partial charge in [0, 0.05) is 31.2 Å². The van der Waals surface area contributed by atoms with E-state index in [0.29, 0.717) is 5.56 Å². The molecule has 0 aromatic heterocycles. The topological polar surface area (TPSA) is 41.6 Å². The van der Waals surface area contributed by atoms with E-state index < -0.39 is 0 Å². The number of esters is 1. The molecule has 1 atom stereocenters. The third-order valence-corrected chi connectivity index (χ3v) is 4.60. The summed E-state index contributed by atoms with van der Waals surface area (Å²) in [5.74, 6) is -0.313. The number of benzene rings is 2. The first-order chi connectivity index (χ1) is 11.7. The highest BCUT2D eigenvalue weighted by molar-refractivity contribution is 6.30. The Bertz CT molecular complexity index is 680. The summed E-state index contributed by atoms with van der Waals surface area (Å²) in [4.78, 5) is 14.1. The van der Waals surface area contributed by atoms with Gasteiger partial charge in [-0.05, 0) is 35.4 Å². The molecule has 1 heterocycles. The number of hydrogen-bond acceptors (Lipinski definition) is 4. The van der Waals surface area contributed by atoms with Gasteiger partial charge in [-0.2, -0.15) is 0 Å². The van der Waals surface area contributed by atoms with E-state index in [9.17, 15) is 4.79 Å². The van der Waals surface area contributed by atoms with E-state index in [4.69, 9.17) is 16.3 Å². The zero-order valence-corrected chi connectivity index (χ0v) is 14.4. The van der Waals surface area contributed by atoms with E-state index in [1.807, 2.05) is 36.4 Å². The van der Waals surface area contributed by atoms with Gasteiger partial charge in [-0.15, -0.1) is 0 Å². The summed E-state index contributed by atoms with van der Waals surface area (Å²) in [6.45, 7) is 3.91. The molecule has 1 saturated heterocycles. The first-order valence-corrected chi connectivity index (χ1v) is 8.45. The van der Waals surface area contributed by atoms with Gasteiger partial charge in [-0.1, -0.05) is 35.9 Å². The lowest BCUT2D eigenvalue weighted by Crippen LogP contribution is -2.45. The Labute approximate surface area is 147 Å². The largest absolute Gasteiger partial charge is 0.465 e. The van der Waals surface area contributed by atoms with Gasteiger partial charge in [0.15, 0.2) is 0 Å². The molecule has 24 heavy (non-hydrogen) atoms. The number of carbonyl (C=O) groups is 1. The van der Waals surface area contributed by atoms with E-state index in [1.165, 1.54) is 12.7 Å². The molecule has 1 fully saturated rings. The minimum atomic E-state index is -0.313. The predicted molar refractivity (Wildman–Crippen MR) is 95.5 cm³/mol. The Kier molecular flexibility index (Phi) is 5.51. The van der Waals surface area contributed by atoms with E-state index in [-0.39, 0.29) is 12.0 Å². The average Bonchev–Trinajstić information content (AvgIpc) is 2.64. The minimum absolute atomic E-state index is 0.149.